The molecule has 2 N–H and O–H groups in total. The molecule has 0 unspecified atom stereocenters. The summed E-state index contributed by atoms with van der Waals surface area (Å²) in [6.45, 7) is 0.368. The van der Waals surface area contributed by atoms with Crippen LogP contribution in [0.25, 0.3) is 0 Å². The first-order valence-corrected chi connectivity index (χ1v) is 10.3. The lowest BCUT2D eigenvalue weighted by atomic mass is 10.2. The number of hydrogen-bond acceptors (Lipinski definition) is 4. The van der Waals surface area contributed by atoms with Gasteiger partial charge in [-0.2, -0.15) is 0 Å². The molecule has 0 atom stereocenters. The SMILES string of the molecule is O=C(COc1ccc(OCc2ccccc2)cc1)Nc1cccc(NC(=O)C2CC2)c1. The molecule has 0 heterocycles. The normalized spacial score (nSPS) is 12.6. The summed E-state index contributed by atoms with van der Waals surface area (Å²) in [5.74, 6) is 1.18. The van der Waals surface area contributed by atoms with Gasteiger partial charge < -0.3 is 20.1 Å². The van der Waals surface area contributed by atoms with Gasteiger partial charge in [-0.05, 0) is 60.9 Å². The molecular weight excluding hydrogens is 392 g/mol. The summed E-state index contributed by atoms with van der Waals surface area (Å²) in [7, 11) is 0. The monoisotopic (exact) mass is 416 g/mol. The maximum absolute atomic E-state index is 12.2. The van der Waals surface area contributed by atoms with Gasteiger partial charge in [-0.1, -0.05) is 36.4 Å². The van der Waals surface area contributed by atoms with Crippen LogP contribution in [0.1, 0.15) is 18.4 Å². The van der Waals surface area contributed by atoms with E-state index in [0.29, 0.717) is 23.7 Å². The van der Waals surface area contributed by atoms with Crippen LogP contribution in [0, 0.1) is 5.92 Å². The van der Waals surface area contributed by atoms with Gasteiger partial charge in [0, 0.05) is 17.3 Å². The van der Waals surface area contributed by atoms with Crippen molar-refractivity contribution in [2.24, 2.45) is 5.92 Å². The van der Waals surface area contributed by atoms with E-state index in [0.717, 1.165) is 24.2 Å². The van der Waals surface area contributed by atoms with Gasteiger partial charge in [0.2, 0.25) is 5.91 Å². The smallest absolute Gasteiger partial charge is 0.262 e. The van der Waals surface area contributed by atoms with Crippen LogP contribution in [-0.2, 0) is 16.2 Å². The van der Waals surface area contributed by atoms with E-state index in [9.17, 15) is 9.59 Å². The van der Waals surface area contributed by atoms with E-state index in [4.69, 9.17) is 9.47 Å². The molecule has 1 aliphatic carbocycles. The van der Waals surface area contributed by atoms with E-state index in [2.05, 4.69) is 10.6 Å². The van der Waals surface area contributed by atoms with Crippen LogP contribution in [0.5, 0.6) is 11.5 Å². The first-order valence-electron chi connectivity index (χ1n) is 10.3. The zero-order valence-corrected chi connectivity index (χ0v) is 17.0. The van der Waals surface area contributed by atoms with Crippen molar-refractivity contribution in [2.45, 2.75) is 19.4 Å². The molecule has 6 heteroatoms. The molecule has 1 fully saturated rings. The van der Waals surface area contributed by atoms with Crippen molar-refractivity contribution in [1.82, 2.24) is 0 Å². The quantitative estimate of drug-likeness (QED) is 0.533. The van der Waals surface area contributed by atoms with Gasteiger partial charge >= 0.3 is 0 Å². The molecule has 0 saturated heterocycles. The Morgan fingerprint density at radius 2 is 1.42 bits per heavy atom. The summed E-state index contributed by atoms with van der Waals surface area (Å²) >= 11 is 0. The van der Waals surface area contributed by atoms with Crippen LogP contribution in [0.2, 0.25) is 0 Å². The second kappa shape index (κ2) is 9.80. The Morgan fingerprint density at radius 3 is 2.10 bits per heavy atom. The first-order chi connectivity index (χ1) is 15.2. The number of carbonyl (C=O) groups is 2. The van der Waals surface area contributed by atoms with Crippen molar-refractivity contribution >= 4 is 23.2 Å². The average molecular weight is 416 g/mol. The average Bonchev–Trinajstić information content (AvgIpc) is 3.64. The largest absolute Gasteiger partial charge is 0.489 e. The molecule has 4 rings (SSSR count). The minimum absolute atomic E-state index is 0.0306. The summed E-state index contributed by atoms with van der Waals surface area (Å²) in [4.78, 5) is 24.1. The molecule has 0 aromatic heterocycles. The van der Waals surface area contributed by atoms with Crippen molar-refractivity contribution in [3.8, 4) is 11.5 Å². The Bertz CT molecular complexity index is 1030. The molecule has 0 bridgehead atoms. The van der Waals surface area contributed by atoms with Crippen molar-refractivity contribution in [3.63, 3.8) is 0 Å². The summed E-state index contributed by atoms with van der Waals surface area (Å²) in [6, 6.07) is 24.2. The maximum Gasteiger partial charge on any atom is 0.262 e. The minimum atomic E-state index is -0.282. The lowest BCUT2D eigenvalue weighted by molar-refractivity contribution is -0.118. The maximum atomic E-state index is 12.2. The van der Waals surface area contributed by atoms with Crippen LogP contribution in [0.4, 0.5) is 11.4 Å². The van der Waals surface area contributed by atoms with Gasteiger partial charge in [0.25, 0.3) is 5.91 Å². The molecule has 31 heavy (non-hydrogen) atoms. The fraction of sp³-hybridized carbons (Fsp3) is 0.200. The highest BCUT2D eigenvalue weighted by atomic mass is 16.5. The fourth-order valence-corrected chi connectivity index (χ4v) is 2.98. The topological polar surface area (TPSA) is 76.7 Å². The Balaban J connectivity index is 1.22. The minimum Gasteiger partial charge on any atom is -0.489 e. The molecule has 2 amide bonds. The van der Waals surface area contributed by atoms with E-state index in [1.165, 1.54) is 0 Å². The number of carbonyl (C=O) groups excluding carboxylic acids is 2. The van der Waals surface area contributed by atoms with Crippen LogP contribution in [-0.4, -0.2) is 18.4 Å². The molecule has 158 valence electrons. The van der Waals surface area contributed by atoms with Crippen LogP contribution >= 0.6 is 0 Å². The summed E-state index contributed by atoms with van der Waals surface area (Å²) < 4.78 is 11.3. The summed E-state index contributed by atoms with van der Waals surface area (Å²) in [5, 5.41) is 5.65. The van der Waals surface area contributed by atoms with Gasteiger partial charge in [-0.3, -0.25) is 9.59 Å². The Kier molecular flexibility index (Phi) is 6.47. The van der Waals surface area contributed by atoms with E-state index in [1.807, 2.05) is 42.5 Å². The standard InChI is InChI=1S/C25H24N2O4/c28-24(26-20-7-4-8-21(15-20)27-25(29)19-9-10-19)17-31-23-13-11-22(12-14-23)30-16-18-5-2-1-3-6-18/h1-8,11-15,19H,9-10,16-17H2,(H,26,28)(H,27,29). The van der Waals surface area contributed by atoms with E-state index in [-0.39, 0.29) is 24.3 Å². The van der Waals surface area contributed by atoms with Crippen molar-refractivity contribution in [3.05, 3.63) is 84.4 Å². The lowest BCUT2D eigenvalue weighted by Crippen LogP contribution is -2.20. The van der Waals surface area contributed by atoms with Gasteiger partial charge in [0.1, 0.15) is 18.1 Å². The van der Waals surface area contributed by atoms with Gasteiger partial charge in [0.05, 0.1) is 0 Å². The van der Waals surface area contributed by atoms with Crippen molar-refractivity contribution < 1.29 is 19.1 Å². The molecule has 0 spiro atoms. The molecule has 6 nitrogen and oxygen atoms in total. The van der Waals surface area contributed by atoms with Gasteiger partial charge in [-0.25, -0.2) is 0 Å². The third-order valence-corrected chi connectivity index (χ3v) is 4.80. The zero-order valence-electron chi connectivity index (χ0n) is 17.0. The Labute approximate surface area is 181 Å². The third-order valence-electron chi connectivity index (χ3n) is 4.80. The van der Waals surface area contributed by atoms with Crippen LogP contribution < -0.4 is 20.1 Å². The summed E-state index contributed by atoms with van der Waals surface area (Å²) in [6.07, 6.45) is 1.89. The number of anilines is 2. The van der Waals surface area contributed by atoms with Crippen LogP contribution in [0.15, 0.2) is 78.9 Å². The van der Waals surface area contributed by atoms with E-state index < -0.39 is 0 Å². The molecule has 0 radical (unpaired) electrons. The Hall–Kier alpha value is -3.80. The number of nitrogens with one attached hydrogen (secondary N) is 2. The second-order valence-corrected chi connectivity index (χ2v) is 7.43. The number of hydrogen-bond donors (Lipinski definition) is 2. The fourth-order valence-electron chi connectivity index (χ4n) is 2.98. The molecule has 1 saturated carbocycles. The number of rotatable bonds is 9. The number of ether oxygens (including phenoxy) is 2. The highest BCUT2D eigenvalue weighted by molar-refractivity contribution is 5.96. The third kappa shape index (κ3) is 6.34. The Morgan fingerprint density at radius 1 is 0.774 bits per heavy atom. The highest BCUT2D eigenvalue weighted by Gasteiger charge is 2.29. The zero-order chi connectivity index (χ0) is 21.5. The van der Waals surface area contributed by atoms with E-state index >= 15 is 0 Å². The summed E-state index contributed by atoms with van der Waals surface area (Å²) in [5.41, 5.74) is 2.37. The molecule has 3 aromatic carbocycles. The highest BCUT2D eigenvalue weighted by Crippen LogP contribution is 2.30. The predicted octanol–water partition coefficient (Wildman–Crippen LogP) is 4.63. The molecule has 3 aromatic rings. The van der Waals surface area contributed by atoms with Gasteiger partial charge in [0.15, 0.2) is 6.61 Å². The molecule has 0 aliphatic heterocycles. The number of amides is 2. The lowest BCUT2D eigenvalue weighted by Gasteiger charge is -2.10. The number of benzene rings is 3. The van der Waals surface area contributed by atoms with Crippen molar-refractivity contribution in [2.75, 3.05) is 17.2 Å². The first kappa shape index (κ1) is 20.5. The molecular formula is C25H24N2O4. The second-order valence-electron chi connectivity index (χ2n) is 7.43. The van der Waals surface area contributed by atoms with Gasteiger partial charge in [-0.15, -0.1) is 0 Å². The van der Waals surface area contributed by atoms with Crippen molar-refractivity contribution in [1.29, 1.82) is 0 Å². The van der Waals surface area contributed by atoms with E-state index in [1.54, 1.807) is 36.4 Å². The van der Waals surface area contributed by atoms with Crippen LogP contribution in [0.3, 0.4) is 0 Å². The molecule has 1 aliphatic rings. The predicted molar refractivity (Wildman–Crippen MR) is 119 cm³/mol.